The fourth-order valence-corrected chi connectivity index (χ4v) is 1.71. The Balaban J connectivity index is 2.67. The molecule has 0 aliphatic rings. The molecule has 0 unspecified atom stereocenters. The second kappa shape index (κ2) is 4.63. The minimum atomic E-state index is 0.479. The number of benzene rings is 1. The Morgan fingerprint density at radius 3 is 2.88 bits per heavy atom. The molecule has 0 amide bonds. The van der Waals surface area contributed by atoms with E-state index >= 15 is 0 Å². The molecule has 17 heavy (non-hydrogen) atoms. The first-order valence-electron chi connectivity index (χ1n) is 5.01. The van der Waals surface area contributed by atoms with Crippen LogP contribution in [0.3, 0.4) is 0 Å². The molecule has 1 aromatic heterocycles. The van der Waals surface area contributed by atoms with Crippen LogP contribution in [0.2, 0.25) is 0 Å². The average molecular weight is 229 g/mol. The first-order valence-corrected chi connectivity index (χ1v) is 5.01. The van der Waals surface area contributed by atoms with Gasteiger partial charge in [0.1, 0.15) is 11.4 Å². The topological polar surface area (TPSA) is 56.5 Å². The summed E-state index contributed by atoms with van der Waals surface area (Å²) < 4.78 is 6.92. The molecule has 2 rings (SSSR count). The molecule has 2 aromatic rings. The summed E-state index contributed by atoms with van der Waals surface area (Å²) >= 11 is 0. The fourth-order valence-electron chi connectivity index (χ4n) is 1.71. The smallest absolute Gasteiger partial charge is 0.240 e. The number of carbonyl (C=O) groups excluding carboxylic acids is 1. The van der Waals surface area contributed by atoms with Crippen molar-refractivity contribution in [3.63, 3.8) is 0 Å². The molecular formula is C12H11N3O2. The average Bonchev–Trinajstić information content (AvgIpc) is 2.71. The summed E-state index contributed by atoms with van der Waals surface area (Å²) in [6.45, 7) is 0. The SMILES string of the molecule is COc1ccccc1-c1c(N=C=O)cnn1C. The summed E-state index contributed by atoms with van der Waals surface area (Å²) in [7, 11) is 3.38. The van der Waals surface area contributed by atoms with E-state index in [1.807, 2.05) is 24.3 Å². The van der Waals surface area contributed by atoms with E-state index in [9.17, 15) is 4.79 Å². The van der Waals surface area contributed by atoms with E-state index in [0.29, 0.717) is 11.4 Å². The molecule has 0 saturated heterocycles. The van der Waals surface area contributed by atoms with E-state index in [2.05, 4.69) is 10.1 Å². The molecule has 0 saturated carbocycles. The van der Waals surface area contributed by atoms with Gasteiger partial charge in [-0.05, 0) is 12.1 Å². The van der Waals surface area contributed by atoms with E-state index in [0.717, 1.165) is 11.3 Å². The third kappa shape index (κ3) is 1.96. The monoisotopic (exact) mass is 229 g/mol. The van der Waals surface area contributed by atoms with E-state index in [1.165, 1.54) is 12.3 Å². The maximum absolute atomic E-state index is 10.4. The highest BCUT2D eigenvalue weighted by atomic mass is 16.5. The first-order chi connectivity index (χ1) is 8.27. The zero-order valence-corrected chi connectivity index (χ0v) is 9.54. The zero-order chi connectivity index (χ0) is 12.3. The minimum Gasteiger partial charge on any atom is -0.496 e. The Morgan fingerprint density at radius 2 is 2.18 bits per heavy atom. The van der Waals surface area contributed by atoms with Gasteiger partial charge in [0.25, 0.3) is 0 Å². The van der Waals surface area contributed by atoms with Crippen molar-refractivity contribution >= 4 is 11.8 Å². The van der Waals surface area contributed by atoms with Gasteiger partial charge in [-0.25, -0.2) is 4.79 Å². The maximum atomic E-state index is 10.4. The Kier molecular flexibility index (Phi) is 3.03. The highest BCUT2D eigenvalue weighted by molar-refractivity contribution is 5.78. The van der Waals surface area contributed by atoms with Crippen molar-refractivity contribution in [1.29, 1.82) is 0 Å². The number of nitrogens with zero attached hydrogens (tertiary/aromatic N) is 3. The number of rotatable bonds is 3. The van der Waals surface area contributed by atoms with E-state index < -0.39 is 0 Å². The fraction of sp³-hybridized carbons (Fsp3) is 0.167. The molecule has 1 aromatic carbocycles. The van der Waals surface area contributed by atoms with Gasteiger partial charge in [-0.15, -0.1) is 0 Å². The van der Waals surface area contributed by atoms with Gasteiger partial charge in [0.15, 0.2) is 0 Å². The van der Waals surface area contributed by atoms with Crippen molar-refractivity contribution in [2.45, 2.75) is 0 Å². The number of hydrogen-bond acceptors (Lipinski definition) is 4. The van der Waals surface area contributed by atoms with E-state index in [1.54, 1.807) is 18.8 Å². The number of para-hydroxylation sites is 1. The van der Waals surface area contributed by atoms with Crippen molar-refractivity contribution in [3.05, 3.63) is 30.5 Å². The number of aliphatic imine (C=N–C) groups is 1. The second-order valence-electron chi connectivity index (χ2n) is 3.41. The molecule has 0 N–H and O–H groups in total. The Hall–Kier alpha value is -2.39. The van der Waals surface area contributed by atoms with E-state index in [4.69, 9.17) is 4.74 Å². The predicted octanol–water partition coefficient (Wildman–Crippen LogP) is 2.06. The van der Waals surface area contributed by atoms with Crippen LogP contribution < -0.4 is 4.74 Å². The summed E-state index contributed by atoms with van der Waals surface area (Å²) in [6, 6.07) is 7.50. The third-order valence-corrected chi connectivity index (χ3v) is 2.45. The van der Waals surface area contributed by atoms with Crippen LogP contribution in [0.4, 0.5) is 5.69 Å². The largest absolute Gasteiger partial charge is 0.496 e. The van der Waals surface area contributed by atoms with Gasteiger partial charge in [-0.3, -0.25) is 4.68 Å². The Morgan fingerprint density at radius 1 is 1.41 bits per heavy atom. The lowest BCUT2D eigenvalue weighted by Gasteiger charge is -2.08. The number of methoxy groups -OCH3 is 1. The van der Waals surface area contributed by atoms with Gasteiger partial charge in [0.05, 0.1) is 19.0 Å². The van der Waals surface area contributed by atoms with Gasteiger partial charge in [-0.2, -0.15) is 10.1 Å². The van der Waals surface area contributed by atoms with Crippen molar-refractivity contribution in [1.82, 2.24) is 9.78 Å². The second-order valence-corrected chi connectivity index (χ2v) is 3.41. The molecule has 5 nitrogen and oxygen atoms in total. The highest BCUT2D eigenvalue weighted by Gasteiger charge is 2.14. The molecule has 0 radical (unpaired) electrons. The summed E-state index contributed by atoms with van der Waals surface area (Å²) in [4.78, 5) is 14.0. The normalized spacial score (nSPS) is 9.76. The van der Waals surface area contributed by atoms with Gasteiger partial charge in [0, 0.05) is 12.6 Å². The maximum Gasteiger partial charge on any atom is 0.240 e. The van der Waals surface area contributed by atoms with Crippen molar-refractivity contribution in [2.24, 2.45) is 12.0 Å². The van der Waals surface area contributed by atoms with Crippen LogP contribution >= 0.6 is 0 Å². The summed E-state index contributed by atoms with van der Waals surface area (Å²) in [6.07, 6.45) is 3.05. The number of aromatic nitrogens is 2. The van der Waals surface area contributed by atoms with Crippen molar-refractivity contribution < 1.29 is 9.53 Å². The van der Waals surface area contributed by atoms with Gasteiger partial charge in [0.2, 0.25) is 6.08 Å². The quantitative estimate of drug-likeness (QED) is 0.598. The van der Waals surface area contributed by atoms with Crippen LogP contribution in [-0.4, -0.2) is 23.0 Å². The number of aryl methyl sites for hydroxylation is 1. The highest BCUT2D eigenvalue weighted by Crippen LogP contribution is 2.35. The zero-order valence-electron chi connectivity index (χ0n) is 9.54. The molecule has 0 aliphatic carbocycles. The molecule has 0 atom stereocenters. The molecule has 5 heteroatoms. The first kappa shape index (κ1) is 11.1. The Bertz CT molecular complexity index is 583. The molecule has 86 valence electrons. The number of ether oxygens (including phenoxy) is 1. The van der Waals surface area contributed by atoms with Crippen molar-refractivity contribution in [3.8, 4) is 17.0 Å². The van der Waals surface area contributed by atoms with Crippen LogP contribution in [-0.2, 0) is 11.8 Å². The minimum absolute atomic E-state index is 0.479. The lowest BCUT2D eigenvalue weighted by atomic mass is 10.1. The number of isocyanates is 1. The van der Waals surface area contributed by atoms with Crippen LogP contribution in [0.15, 0.2) is 35.5 Å². The van der Waals surface area contributed by atoms with Gasteiger partial charge >= 0.3 is 0 Å². The van der Waals surface area contributed by atoms with Crippen LogP contribution in [0.1, 0.15) is 0 Å². The third-order valence-electron chi connectivity index (χ3n) is 2.45. The molecular weight excluding hydrogens is 218 g/mol. The molecule has 1 heterocycles. The molecule has 0 bridgehead atoms. The molecule has 0 spiro atoms. The van der Waals surface area contributed by atoms with Gasteiger partial charge in [-0.1, -0.05) is 12.1 Å². The van der Waals surface area contributed by atoms with Gasteiger partial charge < -0.3 is 4.74 Å². The van der Waals surface area contributed by atoms with Crippen molar-refractivity contribution in [2.75, 3.05) is 7.11 Å². The lowest BCUT2D eigenvalue weighted by Crippen LogP contribution is -1.95. The summed E-state index contributed by atoms with van der Waals surface area (Å²) in [5, 5.41) is 4.08. The van der Waals surface area contributed by atoms with Crippen LogP contribution in [0, 0.1) is 0 Å². The van der Waals surface area contributed by atoms with Crippen LogP contribution in [0.25, 0.3) is 11.3 Å². The lowest BCUT2D eigenvalue weighted by molar-refractivity contribution is 0.416. The Labute approximate surface area is 98.4 Å². The predicted molar refractivity (Wildman–Crippen MR) is 63.0 cm³/mol. The number of hydrogen-bond donors (Lipinski definition) is 0. The standard InChI is InChI=1S/C12H11N3O2/c1-15-12(10(7-14-15)13-8-16)9-5-3-4-6-11(9)17-2/h3-7H,1-2H3. The molecule has 0 aliphatic heterocycles. The van der Waals surface area contributed by atoms with Crippen LogP contribution in [0.5, 0.6) is 5.75 Å². The molecule has 0 fully saturated rings. The summed E-state index contributed by atoms with van der Waals surface area (Å²) in [5.41, 5.74) is 2.04. The van der Waals surface area contributed by atoms with E-state index in [-0.39, 0.29) is 0 Å². The summed E-state index contributed by atoms with van der Waals surface area (Å²) in [5.74, 6) is 0.707.